The quantitative estimate of drug-likeness (QED) is 0.251. The maximum absolute atomic E-state index is 9.70. The maximum Gasteiger partial charge on any atom is 0.258 e. The number of hydrogen-bond acceptors (Lipinski definition) is 4. The highest BCUT2D eigenvalue weighted by Crippen LogP contribution is 2.45. The first-order chi connectivity index (χ1) is 15.1. The predicted octanol–water partition coefficient (Wildman–Crippen LogP) is 8.48. The monoisotopic (exact) mass is 494 g/mol. The molecule has 0 aliphatic heterocycles. The summed E-state index contributed by atoms with van der Waals surface area (Å²) in [5, 5.41) is 10.4. The molecule has 1 heterocycles. The molecule has 0 aliphatic carbocycles. The van der Waals surface area contributed by atoms with Gasteiger partial charge >= 0.3 is 0 Å². The maximum atomic E-state index is 9.70. The van der Waals surface area contributed by atoms with Crippen molar-refractivity contribution >= 4 is 37.3 Å². The number of halogens is 1. The van der Waals surface area contributed by atoms with Gasteiger partial charge in [-0.3, -0.25) is 0 Å². The van der Waals surface area contributed by atoms with Crippen molar-refractivity contribution in [3.8, 4) is 5.75 Å². The van der Waals surface area contributed by atoms with Crippen LogP contribution < -0.4 is 4.74 Å². The molecule has 0 unspecified atom stereocenters. The lowest BCUT2D eigenvalue weighted by atomic mass is 9.94. The molecule has 0 bridgehead atoms. The van der Waals surface area contributed by atoms with Crippen LogP contribution in [0.4, 0.5) is 0 Å². The first kappa shape index (κ1) is 27.0. The van der Waals surface area contributed by atoms with Crippen LogP contribution in [0.5, 0.6) is 5.75 Å². The Morgan fingerprint density at radius 2 is 1.72 bits per heavy atom. The standard InChI is InChI=1S/C26H39ClO3SSi/c1-17(2)32(18(3)4,19(5)6)30-20(7)14-26-24(29-8)16-25(31-26)23(12-13-28)21-10-9-11-22(27)15-21/h9-11,14-19,23,28H,12-13H2,1-8H3/b20-14-/t23-/m0/s1. The minimum atomic E-state index is -2.01. The number of aliphatic hydroxyl groups is 1. The molecular weight excluding hydrogens is 456 g/mol. The number of thiophene rings is 1. The van der Waals surface area contributed by atoms with Gasteiger partial charge in [-0.1, -0.05) is 65.3 Å². The summed E-state index contributed by atoms with van der Waals surface area (Å²) in [6, 6.07) is 9.96. The molecule has 32 heavy (non-hydrogen) atoms. The van der Waals surface area contributed by atoms with Gasteiger partial charge in [0.15, 0.2) is 0 Å². The zero-order chi connectivity index (χ0) is 24.1. The summed E-state index contributed by atoms with van der Waals surface area (Å²) in [4.78, 5) is 2.20. The van der Waals surface area contributed by atoms with Gasteiger partial charge in [0.2, 0.25) is 0 Å². The number of rotatable bonds is 11. The van der Waals surface area contributed by atoms with Gasteiger partial charge in [-0.15, -0.1) is 11.3 Å². The molecule has 0 radical (unpaired) electrons. The van der Waals surface area contributed by atoms with E-state index in [0.29, 0.717) is 28.1 Å². The predicted molar refractivity (Wildman–Crippen MR) is 142 cm³/mol. The van der Waals surface area contributed by atoms with Gasteiger partial charge in [-0.25, -0.2) is 0 Å². The molecule has 1 atom stereocenters. The highest BCUT2D eigenvalue weighted by molar-refractivity contribution is 7.13. The van der Waals surface area contributed by atoms with Gasteiger partial charge in [0, 0.05) is 22.4 Å². The molecule has 0 saturated carbocycles. The van der Waals surface area contributed by atoms with Crippen LogP contribution >= 0.6 is 22.9 Å². The highest BCUT2D eigenvalue weighted by atomic mass is 35.5. The summed E-state index contributed by atoms with van der Waals surface area (Å²) in [6.45, 7) is 16.0. The van der Waals surface area contributed by atoms with E-state index in [9.17, 15) is 5.11 Å². The second-order valence-corrected chi connectivity index (χ2v) is 16.3. The first-order valence-corrected chi connectivity index (χ1v) is 14.8. The third kappa shape index (κ3) is 5.99. The Hall–Kier alpha value is -1.27. The molecule has 6 heteroatoms. The minimum Gasteiger partial charge on any atom is -0.546 e. The largest absolute Gasteiger partial charge is 0.546 e. The lowest BCUT2D eigenvalue weighted by Gasteiger charge is -2.42. The summed E-state index contributed by atoms with van der Waals surface area (Å²) in [6.07, 6.45) is 2.75. The first-order valence-electron chi connectivity index (χ1n) is 11.5. The molecule has 3 nitrogen and oxygen atoms in total. The summed E-state index contributed by atoms with van der Waals surface area (Å²) < 4.78 is 12.6. The zero-order valence-electron chi connectivity index (χ0n) is 20.7. The fourth-order valence-electron chi connectivity index (χ4n) is 5.01. The third-order valence-electron chi connectivity index (χ3n) is 6.36. The van der Waals surface area contributed by atoms with Crippen LogP contribution in [0, 0.1) is 0 Å². The van der Waals surface area contributed by atoms with E-state index in [4.69, 9.17) is 20.8 Å². The second kappa shape index (κ2) is 11.7. The summed E-state index contributed by atoms with van der Waals surface area (Å²) in [7, 11) is -0.307. The molecule has 2 rings (SSSR count). The summed E-state index contributed by atoms with van der Waals surface area (Å²) in [5.41, 5.74) is 2.65. The Kier molecular flexibility index (Phi) is 9.89. The molecule has 0 saturated heterocycles. The van der Waals surface area contributed by atoms with E-state index in [1.807, 2.05) is 18.2 Å². The van der Waals surface area contributed by atoms with Crippen molar-refractivity contribution in [3.05, 3.63) is 56.4 Å². The number of ether oxygens (including phenoxy) is 1. The normalized spacial score (nSPS) is 13.8. The van der Waals surface area contributed by atoms with E-state index in [1.54, 1.807) is 18.4 Å². The number of benzene rings is 1. The molecule has 178 valence electrons. The van der Waals surface area contributed by atoms with Crippen molar-refractivity contribution in [1.82, 2.24) is 0 Å². The van der Waals surface area contributed by atoms with Crippen molar-refractivity contribution in [3.63, 3.8) is 0 Å². The smallest absolute Gasteiger partial charge is 0.258 e. The Morgan fingerprint density at radius 3 is 2.22 bits per heavy atom. The Balaban J connectivity index is 2.45. The summed E-state index contributed by atoms with van der Waals surface area (Å²) >= 11 is 7.93. The SMILES string of the molecule is COc1cc([C@@H](CCO)c2cccc(Cl)c2)sc1/C=C(/C)O[Si](C(C)C)(C(C)C)C(C)C. The van der Waals surface area contributed by atoms with Crippen molar-refractivity contribution in [2.45, 2.75) is 77.4 Å². The number of hydrogen-bond donors (Lipinski definition) is 1. The van der Waals surface area contributed by atoms with E-state index in [1.165, 1.54) is 0 Å². The number of methoxy groups -OCH3 is 1. The molecule has 0 spiro atoms. The fourth-order valence-corrected chi connectivity index (χ4v) is 11.8. The molecule has 1 aromatic carbocycles. The van der Waals surface area contributed by atoms with Gasteiger partial charge in [0.25, 0.3) is 8.32 Å². The van der Waals surface area contributed by atoms with E-state index in [2.05, 4.69) is 66.7 Å². The number of aliphatic hydroxyl groups excluding tert-OH is 1. The van der Waals surface area contributed by atoms with Crippen molar-refractivity contribution in [1.29, 1.82) is 0 Å². The van der Waals surface area contributed by atoms with Crippen LogP contribution in [-0.4, -0.2) is 27.1 Å². The van der Waals surface area contributed by atoms with Gasteiger partial charge < -0.3 is 14.3 Å². The third-order valence-corrected chi connectivity index (χ3v) is 13.9. The van der Waals surface area contributed by atoms with E-state index in [-0.39, 0.29) is 12.5 Å². The van der Waals surface area contributed by atoms with Gasteiger partial charge in [-0.05, 0) is 59.8 Å². The van der Waals surface area contributed by atoms with E-state index < -0.39 is 8.32 Å². The lowest BCUT2D eigenvalue weighted by Crippen LogP contribution is -2.47. The Bertz CT molecular complexity index is 882. The highest BCUT2D eigenvalue weighted by Gasteiger charge is 2.46. The average molecular weight is 495 g/mol. The molecule has 0 aliphatic rings. The van der Waals surface area contributed by atoms with Crippen molar-refractivity contribution < 1.29 is 14.3 Å². The Morgan fingerprint density at radius 1 is 1.09 bits per heavy atom. The average Bonchev–Trinajstić information content (AvgIpc) is 3.11. The lowest BCUT2D eigenvalue weighted by molar-refractivity contribution is 0.282. The van der Waals surface area contributed by atoms with Crippen molar-refractivity contribution in [2.75, 3.05) is 13.7 Å². The summed E-state index contributed by atoms with van der Waals surface area (Å²) in [5.74, 6) is 1.85. The van der Waals surface area contributed by atoms with Crippen LogP contribution in [0.3, 0.4) is 0 Å². The van der Waals surface area contributed by atoms with Crippen LogP contribution in [0.25, 0.3) is 6.08 Å². The number of allylic oxidation sites excluding steroid dienone is 1. The van der Waals surface area contributed by atoms with Gasteiger partial charge in [-0.2, -0.15) is 0 Å². The van der Waals surface area contributed by atoms with Crippen LogP contribution in [-0.2, 0) is 4.43 Å². The van der Waals surface area contributed by atoms with Gasteiger partial charge in [0.05, 0.1) is 17.7 Å². The molecule has 1 N–H and O–H groups in total. The van der Waals surface area contributed by atoms with Crippen LogP contribution in [0.2, 0.25) is 21.6 Å². The molecule has 0 amide bonds. The van der Waals surface area contributed by atoms with Crippen molar-refractivity contribution in [2.24, 2.45) is 0 Å². The van der Waals surface area contributed by atoms with Crippen LogP contribution in [0.15, 0.2) is 36.1 Å². The molecule has 0 fully saturated rings. The second-order valence-electron chi connectivity index (χ2n) is 9.38. The van der Waals surface area contributed by atoms with E-state index >= 15 is 0 Å². The molecule has 2 aromatic rings. The fraction of sp³-hybridized carbons (Fsp3) is 0.538. The van der Waals surface area contributed by atoms with Crippen LogP contribution in [0.1, 0.15) is 76.1 Å². The Labute approximate surface area is 204 Å². The molecular formula is C26H39ClO3SSi. The zero-order valence-corrected chi connectivity index (χ0v) is 23.3. The van der Waals surface area contributed by atoms with E-state index in [0.717, 1.165) is 26.8 Å². The minimum absolute atomic E-state index is 0.0661. The van der Waals surface area contributed by atoms with Gasteiger partial charge in [0.1, 0.15) is 5.75 Å². The topological polar surface area (TPSA) is 38.7 Å². The molecule has 1 aromatic heterocycles.